The molecule has 2 atom stereocenters. The summed E-state index contributed by atoms with van der Waals surface area (Å²) in [6.45, 7) is 6.29. The monoisotopic (exact) mass is 426 g/mol. The Morgan fingerprint density at radius 1 is 0.969 bits per heavy atom. The summed E-state index contributed by atoms with van der Waals surface area (Å²) in [5.74, 6) is -0.0578. The van der Waals surface area contributed by atoms with Crippen molar-refractivity contribution in [3.05, 3.63) is 107 Å². The molecule has 1 heterocycles. The highest BCUT2D eigenvalue weighted by Gasteiger charge is 2.47. The highest BCUT2D eigenvalue weighted by atomic mass is 16.2. The van der Waals surface area contributed by atoms with Gasteiger partial charge in [-0.3, -0.25) is 9.59 Å². The number of hydrazone groups is 1. The Balaban J connectivity index is 1.66. The SMILES string of the molecule is Cc1ccc(C(=O)N[C@@H]2C(=O)N/[N+](=C\c3ccc(C(C)C)cc3)[C@@H]2c2ccccc2)cc1. The molecular weight excluding hydrogens is 398 g/mol. The molecule has 0 aromatic heterocycles. The van der Waals surface area contributed by atoms with Crippen LogP contribution in [0.15, 0.2) is 78.9 Å². The molecule has 1 saturated heterocycles. The molecule has 1 aliphatic heterocycles. The molecule has 1 aliphatic rings. The van der Waals surface area contributed by atoms with Gasteiger partial charge in [-0.25, -0.2) is 0 Å². The Morgan fingerprint density at radius 2 is 1.62 bits per heavy atom. The van der Waals surface area contributed by atoms with Gasteiger partial charge in [-0.05, 0) is 42.7 Å². The van der Waals surface area contributed by atoms with Gasteiger partial charge in [-0.15, -0.1) is 10.1 Å². The van der Waals surface area contributed by atoms with Crippen molar-refractivity contribution in [2.75, 3.05) is 0 Å². The number of benzene rings is 3. The summed E-state index contributed by atoms with van der Waals surface area (Å²) in [5, 5.41) is 2.94. The van der Waals surface area contributed by atoms with E-state index in [2.05, 4.69) is 36.7 Å². The summed E-state index contributed by atoms with van der Waals surface area (Å²) in [7, 11) is 0. The molecule has 0 radical (unpaired) electrons. The second-order valence-electron chi connectivity index (χ2n) is 8.51. The predicted octanol–water partition coefficient (Wildman–Crippen LogP) is 4.13. The predicted molar refractivity (Wildman–Crippen MR) is 126 cm³/mol. The van der Waals surface area contributed by atoms with Crippen molar-refractivity contribution in [2.45, 2.75) is 38.8 Å². The lowest BCUT2D eigenvalue weighted by molar-refractivity contribution is -0.596. The number of nitrogens with one attached hydrogen (secondary N) is 2. The zero-order chi connectivity index (χ0) is 22.7. The number of carbonyl (C=O) groups excluding carboxylic acids is 2. The van der Waals surface area contributed by atoms with Crippen LogP contribution in [0.5, 0.6) is 0 Å². The molecule has 0 bridgehead atoms. The van der Waals surface area contributed by atoms with Gasteiger partial charge in [0.25, 0.3) is 5.91 Å². The van der Waals surface area contributed by atoms with E-state index in [9.17, 15) is 9.59 Å². The van der Waals surface area contributed by atoms with E-state index in [-0.39, 0.29) is 17.9 Å². The third-order valence-electron chi connectivity index (χ3n) is 5.77. The maximum absolute atomic E-state index is 12.9. The molecule has 162 valence electrons. The fourth-order valence-electron chi connectivity index (χ4n) is 3.89. The van der Waals surface area contributed by atoms with Crippen molar-refractivity contribution in [1.82, 2.24) is 10.7 Å². The summed E-state index contributed by atoms with van der Waals surface area (Å²) in [5.41, 5.74) is 7.71. The lowest BCUT2D eigenvalue weighted by Crippen LogP contribution is -2.42. The van der Waals surface area contributed by atoms with Crippen LogP contribution in [0.3, 0.4) is 0 Å². The highest BCUT2D eigenvalue weighted by Crippen LogP contribution is 2.25. The van der Waals surface area contributed by atoms with E-state index in [4.69, 9.17) is 0 Å². The van der Waals surface area contributed by atoms with Crippen LogP contribution in [0.2, 0.25) is 0 Å². The first kappa shape index (κ1) is 21.5. The van der Waals surface area contributed by atoms with Crippen molar-refractivity contribution in [3.63, 3.8) is 0 Å². The molecule has 2 amide bonds. The van der Waals surface area contributed by atoms with Crippen LogP contribution in [0, 0.1) is 6.92 Å². The van der Waals surface area contributed by atoms with E-state index in [1.807, 2.05) is 67.7 Å². The summed E-state index contributed by atoms with van der Waals surface area (Å²) in [6, 6.07) is 24.3. The first-order chi connectivity index (χ1) is 15.4. The normalized spacial score (nSPS) is 19.2. The number of aryl methyl sites for hydroxylation is 1. The number of rotatable bonds is 5. The zero-order valence-electron chi connectivity index (χ0n) is 18.6. The average Bonchev–Trinajstić information content (AvgIpc) is 3.09. The van der Waals surface area contributed by atoms with Crippen LogP contribution >= 0.6 is 0 Å². The Bertz CT molecular complexity index is 1130. The number of hydrogen-bond acceptors (Lipinski definition) is 2. The quantitative estimate of drug-likeness (QED) is 0.603. The molecule has 0 saturated carbocycles. The first-order valence-corrected chi connectivity index (χ1v) is 10.9. The van der Waals surface area contributed by atoms with Crippen LogP contribution < -0.4 is 10.7 Å². The van der Waals surface area contributed by atoms with Crippen LogP contribution in [-0.2, 0) is 4.79 Å². The molecule has 0 spiro atoms. The molecule has 3 aromatic rings. The van der Waals surface area contributed by atoms with E-state index in [1.165, 1.54) is 5.56 Å². The summed E-state index contributed by atoms with van der Waals surface area (Å²) >= 11 is 0. The Morgan fingerprint density at radius 3 is 2.25 bits per heavy atom. The number of amides is 2. The van der Waals surface area contributed by atoms with Gasteiger partial charge in [0.05, 0.1) is 0 Å². The second-order valence-corrected chi connectivity index (χ2v) is 8.51. The summed E-state index contributed by atoms with van der Waals surface area (Å²) in [4.78, 5) is 25.8. The van der Waals surface area contributed by atoms with Crippen LogP contribution in [-0.4, -0.2) is 28.8 Å². The first-order valence-electron chi connectivity index (χ1n) is 10.9. The van der Waals surface area contributed by atoms with E-state index >= 15 is 0 Å². The smallest absolute Gasteiger partial charge is 0.304 e. The van der Waals surface area contributed by atoms with Gasteiger partial charge < -0.3 is 5.32 Å². The number of nitrogens with zero attached hydrogens (tertiary/aromatic N) is 1. The Hall–Kier alpha value is -3.73. The molecule has 5 nitrogen and oxygen atoms in total. The molecule has 0 aliphatic carbocycles. The third kappa shape index (κ3) is 4.62. The maximum Gasteiger partial charge on any atom is 0.304 e. The van der Waals surface area contributed by atoms with Gasteiger partial charge in [0.1, 0.15) is 0 Å². The third-order valence-corrected chi connectivity index (χ3v) is 5.77. The minimum absolute atomic E-state index is 0.241. The van der Waals surface area contributed by atoms with Gasteiger partial charge >= 0.3 is 5.91 Å². The minimum Gasteiger partial charge on any atom is -0.334 e. The molecule has 5 heteroatoms. The Kier molecular flexibility index (Phi) is 6.17. The molecular formula is C27H28N3O2+. The summed E-state index contributed by atoms with van der Waals surface area (Å²) in [6.07, 6.45) is 1.91. The number of hydrazine groups is 1. The standard InChI is InChI=1S/C27H27N3O2/c1-18(2)21-15-11-20(12-16-21)17-30-25(22-7-5-4-6-8-22)24(27(32)29-30)28-26(31)23-13-9-19(3)10-14-23/h4-18,24-25H,1-3H3,(H-,28,29,31,32)/p+1/b30-17-/t24-,25+/m0/s1. The van der Waals surface area contributed by atoms with Gasteiger partial charge in [-0.2, -0.15) is 0 Å². The largest absolute Gasteiger partial charge is 0.334 e. The molecule has 4 rings (SSSR count). The van der Waals surface area contributed by atoms with E-state index in [1.54, 1.807) is 16.8 Å². The Labute approximate surface area is 188 Å². The summed E-state index contributed by atoms with van der Waals surface area (Å²) < 4.78 is 1.79. The fourth-order valence-corrected chi connectivity index (χ4v) is 3.89. The van der Waals surface area contributed by atoms with Crippen molar-refractivity contribution in [2.24, 2.45) is 0 Å². The van der Waals surface area contributed by atoms with Crippen molar-refractivity contribution in [1.29, 1.82) is 0 Å². The number of carbonyl (C=O) groups is 2. The van der Waals surface area contributed by atoms with E-state index < -0.39 is 6.04 Å². The molecule has 32 heavy (non-hydrogen) atoms. The van der Waals surface area contributed by atoms with Crippen LogP contribution in [0.1, 0.15) is 58.4 Å². The molecule has 2 N–H and O–H groups in total. The van der Waals surface area contributed by atoms with Gasteiger partial charge in [0.15, 0.2) is 6.04 Å². The average molecular weight is 427 g/mol. The fraction of sp³-hybridized carbons (Fsp3) is 0.222. The highest BCUT2D eigenvalue weighted by molar-refractivity contribution is 5.98. The van der Waals surface area contributed by atoms with Crippen molar-refractivity contribution >= 4 is 18.0 Å². The lowest BCUT2D eigenvalue weighted by Gasteiger charge is -2.14. The van der Waals surface area contributed by atoms with E-state index in [0.717, 1.165) is 16.7 Å². The molecule has 3 aromatic carbocycles. The molecule has 1 fully saturated rings. The number of hydrogen-bond donors (Lipinski definition) is 2. The second kappa shape index (κ2) is 9.18. The molecule has 0 unspecified atom stereocenters. The maximum atomic E-state index is 12.9. The van der Waals surface area contributed by atoms with Gasteiger partial charge in [-0.1, -0.05) is 74.0 Å². The van der Waals surface area contributed by atoms with Crippen molar-refractivity contribution in [3.8, 4) is 0 Å². The van der Waals surface area contributed by atoms with E-state index in [0.29, 0.717) is 11.5 Å². The minimum atomic E-state index is -0.725. The van der Waals surface area contributed by atoms with Crippen molar-refractivity contribution < 1.29 is 14.3 Å². The van der Waals surface area contributed by atoms with Gasteiger partial charge in [0, 0.05) is 16.7 Å². The van der Waals surface area contributed by atoms with Crippen LogP contribution in [0.25, 0.3) is 0 Å². The van der Waals surface area contributed by atoms with Gasteiger partial charge in [0.2, 0.25) is 12.3 Å². The zero-order valence-corrected chi connectivity index (χ0v) is 18.6. The topological polar surface area (TPSA) is 61.2 Å². The lowest BCUT2D eigenvalue weighted by atomic mass is 9.99. The van der Waals surface area contributed by atoms with Crippen LogP contribution in [0.4, 0.5) is 0 Å².